The molecule has 0 bridgehead atoms. The number of hydrogen-bond donors (Lipinski definition) is 0. The van der Waals surface area contributed by atoms with Crippen LogP contribution in [-0.2, 0) is 9.47 Å². The zero-order valence-electron chi connectivity index (χ0n) is 25.0. The number of pyridine rings is 1. The molecule has 10 heteroatoms. The summed E-state index contributed by atoms with van der Waals surface area (Å²) in [5.41, 5.74) is 3.14. The van der Waals surface area contributed by atoms with Crippen LogP contribution in [0.1, 0.15) is 87.8 Å². The molecular weight excluding hydrogens is 537 g/mol. The SMILES string of the molecule is COC(=O)c1cc(N2CCC3(CCN(C(=O)OC(C)(C)C)CC3)CC2)c2c(C3CCC3)nn(-c3ccc(F)cc3)c2n1. The molecule has 42 heavy (non-hydrogen) atoms. The van der Waals surface area contributed by atoms with Crippen LogP contribution in [0.3, 0.4) is 0 Å². The molecule has 2 saturated heterocycles. The fraction of sp³-hybridized carbons (Fsp3) is 0.562. The molecule has 2 aliphatic heterocycles. The van der Waals surface area contributed by atoms with E-state index in [9.17, 15) is 14.0 Å². The summed E-state index contributed by atoms with van der Waals surface area (Å²) in [5, 5.41) is 6.00. The molecule has 2 aromatic heterocycles. The lowest BCUT2D eigenvalue weighted by Gasteiger charge is -2.47. The van der Waals surface area contributed by atoms with Crippen LogP contribution < -0.4 is 4.90 Å². The third-order valence-corrected chi connectivity index (χ3v) is 9.24. The molecule has 3 fully saturated rings. The smallest absolute Gasteiger partial charge is 0.410 e. The molecule has 3 aliphatic rings. The van der Waals surface area contributed by atoms with Gasteiger partial charge in [0.05, 0.1) is 29.6 Å². The van der Waals surface area contributed by atoms with Gasteiger partial charge in [0.2, 0.25) is 0 Å². The maximum atomic E-state index is 13.8. The van der Waals surface area contributed by atoms with Crippen molar-refractivity contribution >= 4 is 28.8 Å². The minimum Gasteiger partial charge on any atom is -0.464 e. The lowest BCUT2D eigenvalue weighted by Crippen LogP contribution is -2.49. The van der Waals surface area contributed by atoms with Crippen LogP contribution in [0.2, 0.25) is 0 Å². The van der Waals surface area contributed by atoms with Crippen molar-refractivity contribution in [1.29, 1.82) is 0 Å². The van der Waals surface area contributed by atoms with Gasteiger partial charge in [-0.05, 0) is 95.0 Å². The van der Waals surface area contributed by atoms with Crippen molar-refractivity contribution in [3.05, 3.63) is 47.5 Å². The molecular formula is C32H40FN5O4. The molecule has 1 saturated carbocycles. The van der Waals surface area contributed by atoms with E-state index < -0.39 is 11.6 Å². The largest absolute Gasteiger partial charge is 0.464 e. The number of piperidine rings is 2. The maximum absolute atomic E-state index is 13.8. The normalized spacial score (nSPS) is 19.2. The Morgan fingerprint density at radius 1 is 1.00 bits per heavy atom. The molecule has 0 N–H and O–H groups in total. The van der Waals surface area contributed by atoms with E-state index in [0.29, 0.717) is 30.3 Å². The van der Waals surface area contributed by atoms with Crippen LogP contribution >= 0.6 is 0 Å². The predicted molar refractivity (Wildman–Crippen MR) is 158 cm³/mol. The lowest BCUT2D eigenvalue weighted by atomic mass is 9.71. The maximum Gasteiger partial charge on any atom is 0.410 e. The van der Waals surface area contributed by atoms with E-state index in [-0.39, 0.29) is 23.0 Å². The Kier molecular flexibility index (Phi) is 7.35. The van der Waals surface area contributed by atoms with Crippen LogP contribution in [0.4, 0.5) is 14.9 Å². The van der Waals surface area contributed by atoms with Gasteiger partial charge >= 0.3 is 12.1 Å². The number of benzene rings is 1. The van der Waals surface area contributed by atoms with Gasteiger partial charge in [-0.15, -0.1) is 0 Å². The van der Waals surface area contributed by atoms with Crippen molar-refractivity contribution in [1.82, 2.24) is 19.7 Å². The van der Waals surface area contributed by atoms with Crippen molar-refractivity contribution in [2.45, 2.75) is 77.2 Å². The van der Waals surface area contributed by atoms with Crippen LogP contribution in [0.15, 0.2) is 30.3 Å². The van der Waals surface area contributed by atoms with E-state index in [1.54, 1.807) is 16.8 Å². The van der Waals surface area contributed by atoms with Crippen LogP contribution in [0, 0.1) is 11.2 Å². The number of anilines is 1. The second kappa shape index (κ2) is 10.9. The van der Waals surface area contributed by atoms with E-state index in [0.717, 1.165) is 74.8 Å². The highest BCUT2D eigenvalue weighted by atomic mass is 19.1. The molecule has 0 radical (unpaired) electrons. The predicted octanol–water partition coefficient (Wildman–Crippen LogP) is 6.23. The number of likely N-dealkylation sites (tertiary alicyclic amines) is 1. The molecule has 3 aromatic rings. The van der Waals surface area contributed by atoms with Crippen molar-refractivity contribution < 1.29 is 23.5 Å². The fourth-order valence-corrected chi connectivity index (χ4v) is 6.52. The number of aromatic nitrogens is 3. The highest BCUT2D eigenvalue weighted by Gasteiger charge is 2.40. The molecule has 1 aromatic carbocycles. The number of carbonyl (C=O) groups excluding carboxylic acids is 2. The molecule has 224 valence electrons. The molecule has 4 heterocycles. The standard InChI is InChI=1S/C32H40FN5O4/c1-31(2,3)42-30(40)37-18-14-32(15-19-37)12-16-36(17-13-32)25-20-24(29(39)41-4)34-28-26(25)27(21-6-5-7-21)35-38(28)23-10-8-22(33)9-11-23/h8-11,20-21H,5-7,12-19H2,1-4H3. The average molecular weight is 578 g/mol. The Hall–Kier alpha value is -3.69. The molecule has 0 unspecified atom stereocenters. The number of carbonyl (C=O) groups is 2. The fourth-order valence-electron chi connectivity index (χ4n) is 6.52. The first-order valence-electron chi connectivity index (χ1n) is 15.1. The third-order valence-electron chi connectivity index (χ3n) is 9.24. The van der Waals surface area contributed by atoms with Gasteiger partial charge in [-0.2, -0.15) is 5.10 Å². The molecule has 9 nitrogen and oxygen atoms in total. The number of nitrogens with zero attached hydrogens (tertiary/aromatic N) is 5. The highest BCUT2D eigenvalue weighted by molar-refractivity contribution is 5.99. The quantitative estimate of drug-likeness (QED) is 0.340. The Labute approximate surface area is 246 Å². The topological polar surface area (TPSA) is 89.8 Å². The van der Waals surface area contributed by atoms with Crippen LogP contribution in [-0.4, -0.2) is 70.6 Å². The van der Waals surface area contributed by atoms with E-state index in [1.165, 1.54) is 19.2 Å². The summed E-state index contributed by atoms with van der Waals surface area (Å²) < 4.78 is 26.2. The lowest BCUT2D eigenvalue weighted by molar-refractivity contribution is 0.00664. The summed E-state index contributed by atoms with van der Waals surface area (Å²) in [6.45, 7) is 8.76. The first-order valence-corrected chi connectivity index (χ1v) is 15.1. The van der Waals surface area contributed by atoms with Crippen molar-refractivity contribution in [2.24, 2.45) is 5.41 Å². The minimum absolute atomic E-state index is 0.182. The highest BCUT2D eigenvalue weighted by Crippen LogP contribution is 2.46. The van der Waals surface area contributed by atoms with Gasteiger partial charge in [-0.25, -0.2) is 23.6 Å². The van der Waals surface area contributed by atoms with Gasteiger partial charge < -0.3 is 19.3 Å². The Morgan fingerprint density at radius 3 is 2.21 bits per heavy atom. The van der Waals surface area contributed by atoms with Gasteiger partial charge in [0, 0.05) is 32.1 Å². The molecule has 6 rings (SSSR count). The average Bonchev–Trinajstić information content (AvgIpc) is 3.30. The van der Waals surface area contributed by atoms with Gasteiger partial charge in [0.25, 0.3) is 0 Å². The van der Waals surface area contributed by atoms with E-state index in [1.807, 2.05) is 31.7 Å². The number of fused-ring (bicyclic) bond motifs is 1. The van der Waals surface area contributed by atoms with Gasteiger partial charge in [0.1, 0.15) is 11.4 Å². The Morgan fingerprint density at radius 2 is 1.64 bits per heavy atom. The molecule has 1 aliphatic carbocycles. The summed E-state index contributed by atoms with van der Waals surface area (Å²) >= 11 is 0. The van der Waals surface area contributed by atoms with E-state index in [2.05, 4.69) is 4.90 Å². The van der Waals surface area contributed by atoms with Crippen molar-refractivity contribution in [3.8, 4) is 5.69 Å². The van der Waals surface area contributed by atoms with Gasteiger partial charge in [-0.3, -0.25) is 0 Å². The number of halogens is 1. The third kappa shape index (κ3) is 5.43. The molecule has 1 spiro atoms. The monoisotopic (exact) mass is 577 g/mol. The van der Waals surface area contributed by atoms with Crippen LogP contribution in [0.25, 0.3) is 16.7 Å². The van der Waals surface area contributed by atoms with Crippen molar-refractivity contribution in [2.75, 3.05) is 38.2 Å². The number of esters is 1. The number of hydrogen-bond acceptors (Lipinski definition) is 7. The second-order valence-electron chi connectivity index (χ2n) is 13.1. The zero-order valence-corrected chi connectivity index (χ0v) is 25.0. The summed E-state index contributed by atoms with van der Waals surface area (Å²) in [5.74, 6) is -0.497. The van der Waals surface area contributed by atoms with E-state index >= 15 is 0 Å². The first kappa shape index (κ1) is 28.4. The molecule has 0 atom stereocenters. The number of methoxy groups -OCH3 is 1. The summed E-state index contributed by atoms with van der Waals surface area (Å²) in [4.78, 5) is 34.4. The van der Waals surface area contributed by atoms with Crippen LogP contribution in [0.5, 0.6) is 0 Å². The summed E-state index contributed by atoms with van der Waals surface area (Å²) in [6.07, 6.45) is 6.95. The number of ether oxygens (including phenoxy) is 2. The van der Waals surface area contributed by atoms with Gasteiger partial charge in [-0.1, -0.05) is 6.42 Å². The number of rotatable bonds is 4. The van der Waals surface area contributed by atoms with E-state index in [4.69, 9.17) is 19.6 Å². The second-order valence-corrected chi connectivity index (χ2v) is 13.1. The van der Waals surface area contributed by atoms with Gasteiger partial charge in [0.15, 0.2) is 11.3 Å². The minimum atomic E-state index is -0.502. The number of amides is 1. The Balaban J connectivity index is 1.30. The summed E-state index contributed by atoms with van der Waals surface area (Å²) in [6, 6.07) is 8.06. The summed E-state index contributed by atoms with van der Waals surface area (Å²) in [7, 11) is 1.36. The Bertz CT molecular complexity index is 1470. The zero-order chi connectivity index (χ0) is 29.6. The first-order chi connectivity index (χ1) is 20.1. The van der Waals surface area contributed by atoms with Crippen molar-refractivity contribution in [3.63, 3.8) is 0 Å². The molecule has 1 amide bonds.